The van der Waals surface area contributed by atoms with Crippen LogP contribution in [0, 0.1) is 5.92 Å². The van der Waals surface area contributed by atoms with E-state index in [0.717, 1.165) is 12.0 Å². The summed E-state index contributed by atoms with van der Waals surface area (Å²) in [6, 6.07) is 8.24. The summed E-state index contributed by atoms with van der Waals surface area (Å²) in [7, 11) is 0. The van der Waals surface area contributed by atoms with E-state index in [0.29, 0.717) is 5.92 Å². The average Bonchev–Trinajstić information content (AvgIpc) is 2.27. The Hall–Kier alpha value is -0.960. The van der Waals surface area contributed by atoms with Gasteiger partial charge in [-0.05, 0) is 42.2 Å². The normalized spacial score (nSPS) is 12.7. The van der Waals surface area contributed by atoms with Crippen molar-refractivity contribution in [3.05, 3.63) is 29.8 Å². The molecule has 2 nitrogen and oxygen atoms in total. The summed E-state index contributed by atoms with van der Waals surface area (Å²) in [6.45, 7) is 4.26. The second-order valence-corrected chi connectivity index (χ2v) is 5.58. The highest BCUT2D eigenvalue weighted by Gasteiger charge is 2.16. The third-order valence-corrected chi connectivity index (χ3v) is 3.51. The summed E-state index contributed by atoms with van der Waals surface area (Å²) in [4.78, 5) is 12.1. The van der Waals surface area contributed by atoms with Crippen LogP contribution in [0.4, 0.5) is 0 Å². The van der Waals surface area contributed by atoms with Crippen LogP contribution in [-0.4, -0.2) is 17.3 Å². The highest BCUT2D eigenvalue weighted by Crippen LogP contribution is 2.28. The van der Waals surface area contributed by atoms with Crippen molar-refractivity contribution in [3.8, 4) is 0 Å². The number of rotatable bonds is 6. The van der Waals surface area contributed by atoms with E-state index in [1.54, 1.807) is 11.8 Å². The van der Waals surface area contributed by atoms with E-state index < -0.39 is 5.97 Å². The lowest BCUT2D eigenvalue weighted by molar-refractivity contribution is -0.137. The quantitative estimate of drug-likeness (QED) is 0.777. The summed E-state index contributed by atoms with van der Waals surface area (Å²) in [5.74, 6) is -0.0763. The number of aliphatic carboxylic acids is 1. The van der Waals surface area contributed by atoms with Gasteiger partial charge in [0.25, 0.3) is 0 Å². The molecular formula is C14H20O2S. The van der Waals surface area contributed by atoms with E-state index in [4.69, 9.17) is 5.11 Å². The minimum Gasteiger partial charge on any atom is -0.481 e. The SMILES string of the molecule is CSc1ccc(C(CC(=O)O)CC(C)C)cc1. The molecule has 0 saturated carbocycles. The van der Waals surface area contributed by atoms with Gasteiger partial charge in [-0.25, -0.2) is 0 Å². The molecule has 1 N–H and O–H groups in total. The smallest absolute Gasteiger partial charge is 0.303 e. The van der Waals surface area contributed by atoms with Crippen LogP contribution in [0.1, 0.15) is 38.2 Å². The van der Waals surface area contributed by atoms with Crippen LogP contribution in [0.2, 0.25) is 0 Å². The molecule has 0 saturated heterocycles. The van der Waals surface area contributed by atoms with Crippen LogP contribution >= 0.6 is 11.8 Å². The fourth-order valence-electron chi connectivity index (χ4n) is 1.99. The molecular weight excluding hydrogens is 232 g/mol. The third kappa shape index (κ3) is 4.82. The maximum absolute atomic E-state index is 10.9. The van der Waals surface area contributed by atoms with E-state index in [2.05, 4.69) is 38.1 Å². The second-order valence-electron chi connectivity index (χ2n) is 4.70. The van der Waals surface area contributed by atoms with Gasteiger partial charge in [0.15, 0.2) is 0 Å². The number of thioether (sulfide) groups is 1. The van der Waals surface area contributed by atoms with Crippen molar-refractivity contribution < 1.29 is 9.90 Å². The summed E-state index contributed by atoms with van der Waals surface area (Å²) in [6.07, 6.45) is 3.18. The Kier molecular flexibility index (Phi) is 5.56. The monoisotopic (exact) mass is 252 g/mol. The molecule has 0 aromatic heterocycles. The maximum Gasteiger partial charge on any atom is 0.303 e. The molecule has 1 aromatic carbocycles. The second kappa shape index (κ2) is 6.70. The van der Waals surface area contributed by atoms with Crippen molar-refractivity contribution >= 4 is 17.7 Å². The molecule has 0 radical (unpaired) electrons. The van der Waals surface area contributed by atoms with Crippen LogP contribution < -0.4 is 0 Å². The first-order chi connectivity index (χ1) is 8.02. The van der Waals surface area contributed by atoms with Gasteiger partial charge >= 0.3 is 5.97 Å². The molecule has 1 atom stereocenters. The molecule has 0 spiro atoms. The van der Waals surface area contributed by atoms with Crippen LogP contribution in [0.25, 0.3) is 0 Å². The van der Waals surface area contributed by atoms with Gasteiger partial charge in [-0.2, -0.15) is 0 Å². The van der Waals surface area contributed by atoms with Crippen molar-refractivity contribution in [2.24, 2.45) is 5.92 Å². The summed E-state index contributed by atoms with van der Waals surface area (Å²) >= 11 is 1.70. The molecule has 0 fully saturated rings. The molecule has 94 valence electrons. The van der Waals surface area contributed by atoms with E-state index in [1.807, 2.05) is 6.26 Å². The summed E-state index contributed by atoms with van der Waals surface area (Å²) in [5.41, 5.74) is 1.14. The highest BCUT2D eigenvalue weighted by molar-refractivity contribution is 7.98. The predicted molar refractivity (Wildman–Crippen MR) is 72.7 cm³/mol. The molecule has 0 aliphatic heterocycles. The maximum atomic E-state index is 10.9. The summed E-state index contributed by atoms with van der Waals surface area (Å²) < 4.78 is 0. The Morgan fingerprint density at radius 1 is 1.29 bits per heavy atom. The van der Waals surface area contributed by atoms with Crippen molar-refractivity contribution in [2.75, 3.05) is 6.26 Å². The lowest BCUT2D eigenvalue weighted by Crippen LogP contribution is -2.09. The number of benzene rings is 1. The van der Waals surface area contributed by atoms with E-state index >= 15 is 0 Å². The van der Waals surface area contributed by atoms with Gasteiger partial charge in [-0.15, -0.1) is 11.8 Å². The first-order valence-electron chi connectivity index (χ1n) is 5.88. The van der Waals surface area contributed by atoms with Gasteiger partial charge in [-0.3, -0.25) is 4.79 Å². The molecule has 1 aromatic rings. The van der Waals surface area contributed by atoms with Gasteiger partial charge < -0.3 is 5.11 Å². The zero-order valence-electron chi connectivity index (χ0n) is 10.6. The Labute approximate surface area is 107 Å². The number of carboxylic acid groups (broad SMARTS) is 1. The van der Waals surface area contributed by atoms with Gasteiger partial charge in [0.2, 0.25) is 0 Å². The van der Waals surface area contributed by atoms with Gasteiger partial charge in [0, 0.05) is 4.90 Å². The Morgan fingerprint density at radius 3 is 2.29 bits per heavy atom. The van der Waals surface area contributed by atoms with Gasteiger partial charge in [-0.1, -0.05) is 26.0 Å². The lowest BCUT2D eigenvalue weighted by atomic mass is 9.88. The van der Waals surface area contributed by atoms with Crippen molar-refractivity contribution in [1.29, 1.82) is 0 Å². The fraction of sp³-hybridized carbons (Fsp3) is 0.500. The molecule has 0 bridgehead atoms. The zero-order chi connectivity index (χ0) is 12.8. The van der Waals surface area contributed by atoms with Crippen molar-refractivity contribution in [3.63, 3.8) is 0 Å². The zero-order valence-corrected chi connectivity index (χ0v) is 11.5. The minimum absolute atomic E-state index is 0.128. The molecule has 1 unspecified atom stereocenters. The molecule has 0 aliphatic carbocycles. The van der Waals surface area contributed by atoms with E-state index in [-0.39, 0.29) is 12.3 Å². The largest absolute Gasteiger partial charge is 0.481 e. The lowest BCUT2D eigenvalue weighted by Gasteiger charge is -2.17. The average molecular weight is 252 g/mol. The van der Waals surface area contributed by atoms with E-state index in [1.165, 1.54) is 4.90 Å². The highest BCUT2D eigenvalue weighted by atomic mass is 32.2. The number of hydrogen-bond donors (Lipinski definition) is 1. The summed E-state index contributed by atoms with van der Waals surface area (Å²) in [5, 5.41) is 8.95. The molecule has 0 heterocycles. The number of carboxylic acids is 1. The number of hydrogen-bond acceptors (Lipinski definition) is 2. The fourth-order valence-corrected chi connectivity index (χ4v) is 2.40. The Balaban J connectivity index is 2.83. The number of carbonyl (C=O) groups is 1. The Morgan fingerprint density at radius 2 is 1.88 bits per heavy atom. The first kappa shape index (κ1) is 14.1. The van der Waals surface area contributed by atoms with Gasteiger partial charge in [0.05, 0.1) is 6.42 Å². The van der Waals surface area contributed by atoms with E-state index in [9.17, 15) is 4.79 Å². The molecule has 0 amide bonds. The first-order valence-corrected chi connectivity index (χ1v) is 7.11. The standard InChI is InChI=1S/C14H20O2S/c1-10(2)8-12(9-14(15)16)11-4-6-13(17-3)7-5-11/h4-7,10,12H,8-9H2,1-3H3,(H,15,16). The van der Waals surface area contributed by atoms with Crippen molar-refractivity contribution in [2.45, 2.75) is 37.5 Å². The molecule has 1 rings (SSSR count). The predicted octanol–water partition coefficient (Wildman–Crippen LogP) is 4.01. The van der Waals surface area contributed by atoms with Crippen LogP contribution in [0.15, 0.2) is 29.2 Å². The topological polar surface area (TPSA) is 37.3 Å². The third-order valence-electron chi connectivity index (χ3n) is 2.76. The minimum atomic E-state index is -0.718. The van der Waals surface area contributed by atoms with Crippen molar-refractivity contribution in [1.82, 2.24) is 0 Å². The molecule has 17 heavy (non-hydrogen) atoms. The molecule has 3 heteroatoms. The Bertz CT molecular complexity index is 357. The van der Waals surface area contributed by atoms with Gasteiger partial charge in [0.1, 0.15) is 0 Å². The molecule has 0 aliphatic rings. The van der Waals surface area contributed by atoms with Crippen LogP contribution in [0.3, 0.4) is 0 Å². The van der Waals surface area contributed by atoms with Crippen LogP contribution in [-0.2, 0) is 4.79 Å². The van der Waals surface area contributed by atoms with Crippen LogP contribution in [0.5, 0.6) is 0 Å².